The van der Waals surface area contributed by atoms with Crippen molar-refractivity contribution in [1.82, 2.24) is 5.32 Å². The third-order valence-electron chi connectivity index (χ3n) is 4.27. The van der Waals surface area contributed by atoms with Gasteiger partial charge in [0.25, 0.3) is 0 Å². The molecule has 0 aliphatic rings. The van der Waals surface area contributed by atoms with Crippen LogP contribution in [-0.2, 0) is 16.1 Å². The third-order valence-corrected chi connectivity index (χ3v) is 4.27. The van der Waals surface area contributed by atoms with Crippen LogP contribution in [0.2, 0.25) is 0 Å². The lowest BCUT2D eigenvalue weighted by Gasteiger charge is -2.22. The fourth-order valence-electron chi connectivity index (χ4n) is 2.71. The molecule has 2 aromatic carbocycles. The second-order valence-electron chi connectivity index (χ2n) is 6.08. The highest BCUT2D eigenvalue weighted by molar-refractivity contribution is 5.92. The smallest absolute Gasteiger partial charge is 0.223 e. The standard InChI is InChI=1S/C21H26N2O5/c1-15(24)23(17-7-10-19(27-3)20(13-17)28-4)12-11-21(25)22-14-16-5-8-18(26-2)9-6-16/h5-10,13H,11-12,14H2,1-4H3,(H,22,25). The van der Waals surface area contributed by atoms with E-state index in [-0.39, 0.29) is 24.8 Å². The van der Waals surface area contributed by atoms with Gasteiger partial charge in [0, 0.05) is 38.2 Å². The van der Waals surface area contributed by atoms with Crippen LogP contribution in [0.1, 0.15) is 18.9 Å². The van der Waals surface area contributed by atoms with Crippen LogP contribution in [-0.4, -0.2) is 39.7 Å². The number of nitrogens with one attached hydrogen (secondary N) is 1. The molecule has 7 nitrogen and oxygen atoms in total. The number of amides is 2. The zero-order valence-corrected chi connectivity index (χ0v) is 16.7. The van der Waals surface area contributed by atoms with Crippen molar-refractivity contribution >= 4 is 17.5 Å². The lowest BCUT2D eigenvalue weighted by molar-refractivity contribution is -0.121. The fourth-order valence-corrected chi connectivity index (χ4v) is 2.71. The van der Waals surface area contributed by atoms with E-state index in [9.17, 15) is 9.59 Å². The first-order chi connectivity index (χ1) is 13.5. The minimum Gasteiger partial charge on any atom is -0.497 e. The fraction of sp³-hybridized carbons (Fsp3) is 0.333. The molecule has 2 amide bonds. The Morgan fingerprint density at radius 1 is 0.929 bits per heavy atom. The Balaban J connectivity index is 1.95. The molecule has 0 aliphatic heterocycles. The summed E-state index contributed by atoms with van der Waals surface area (Å²) in [4.78, 5) is 25.8. The average Bonchev–Trinajstić information content (AvgIpc) is 2.72. The maximum atomic E-state index is 12.2. The van der Waals surface area contributed by atoms with Crippen molar-refractivity contribution in [2.24, 2.45) is 0 Å². The molecule has 0 saturated carbocycles. The molecule has 0 spiro atoms. The number of benzene rings is 2. The van der Waals surface area contributed by atoms with Crippen molar-refractivity contribution < 1.29 is 23.8 Å². The van der Waals surface area contributed by atoms with Gasteiger partial charge in [0.15, 0.2) is 11.5 Å². The van der Waals surface area contributed by atoms with Crippen molar-refractivity contribution in [2.75, 3.05) is 32.8 Å². The Morgan fingerprint density at radius 3 is 2.18 bits per heavy atom. The number of carbonyl (C=O) groups is 2. The number of hydrogen-bond donors (Lipinski definition) is 1. The van der Waals surface area contributed by atoms with E-state index in [1.54, 1.807) is 32.4 Å². The van der Waals surface area contributed by atoms with E-state index in [1.165, 1.54) is 18.9 Å². The summed E-state index contributed by atoms with van der Waals surface area (Å²) in [5.41, 5.74) is 1.62. The summed E-state index contributed by atoms with van der Waals surface area (Å²) < 4.78 is 15.6. The van der Waals surface area contributed by atoms with Gasteiger partial charge in [-0.25, -0.2) is 0 Å². The van der Waals surface area contributed by atoms with Gasteiger partial charge in [-0.2, -0.15) is 0 Å². The first-order valence-corrected chi connectivity index (χ1v) is 8.88. The van der Waals surface area contributed by atoms with Gasteiger partial charge < -0.3 is 24.4 Å². The summed E-state index contributed by atoms with van der Waals surface area (Å²) in [6, 6.07) is 12.7. The second kappa shape index (κ2) is 10.2. The molecule has 1 N–H and O–H groups in total. The molecule has 2 rings (SSSR count). The molecular formula is C21H26N2O5. The number of anilines is 1. The van der Waals surface area contributed by atoms with E-state index in [0.29, 0.717) is 23.7 Å². The summed E-state index contributed by atoms with van der Waals surface area (Å²) in [5.74, 6) is 1.57. The van der Waals surface area contributed by atoms with Crippen LogP contribution in [0.5, 0.6) is 17.2 Å². The number of hydrogen-bond acceptors (Lipinski definition) is 5. The Bertz CT molecular complexity index is 805. The first kappa shape index (κ1) is 21.1. The van der Waals surface area contributed by atoms with Crippen molar-refractivity contribution in [3.63, 3.8) is 0 Å². The third kappa shape index (κ3) is 5.64. The van der Waals surface area contributed by atoms with E-state index < -0.39 is 0 Å². The molecule has 0 saturated heterocycles. The molecule has 150 valence electrons. The summed E-state index contributed by atoms with van der Waals surface area (Å²) in [6.45, 7) is 2.14. The summed E-state index contributed by atoms with van der Waals surface area (Å²) in [7, 11) is 4.69. The van der Waals surface area contributed by atoms with Gasteiger partial charge in [-0.1, -0.05) is 12.1 Å². The largest absolute Gasteiger partial charge is 0.497 e. The van der Waals surface area contributed by atoms with Gasteiger partial charge >= 0.3 is 0 Å². The van der Waals surface area contributed by atoms with Crippen LogP contribution >= 0.6 is 0 Å². The number of carbonyl (C=O) groups excluding carboxylic acids is 2. The number of ether oxygens (including phenoxy) is 3. The van der Waals surface area contributed by atoms with Gasteiger partial charge in [0.1, 0.15) is 5.75 Å². The van der Waals surface area contributed by atoms with E-state index in [4.69, 9.17) is 14.2 Å². The molecule has 0 aromatic heterocycles. The topological polar surface area (TPSA) is 77.1 Å². The maximum absolute atomic E-state index is 12.2. The molecule has 0 aliphatic carbocycles. The van der Waals surface area contributed by atoms with Crippen molar-refractivity contribution in [3.8, 4) is 17.2 Å². The monoisotopic (exact) mass is 386 g/mol. The molecule has 7 heteroatoms. The molecule has 0 heterocycles. The van der Waals surface area contributed by atoms with Crippen molar-refractivity contribution in [1.29, 1.82) is 0 Å². The van der Waals surface area contributed by atoms with Crippen LogP contribution in [0.4, 0.5) is 5.69 Å². The normalized spacial score (nSPS) is 10.1. The average molecular weight is 386 g/mol. The predicted octanol–water partition coefficient (Wildman–Crippen LogP) is 2.77. The van der Waals surface area contributed by atoms with Crippen LogP contribution in [0.25, 0.3) is 0 Å². The van der Waals surface area contributed by atoms with Gasteiger partial charge in [0.05, 0.1) is 21.3 Å². The van der Waals surface area contributed by atoms with E-state index in [2.05, 4.69) is 5.32 Å². The molecule has 0 fully saturated rings. The van der Waals surface area contributed by atoms with Gasteiger partial charge in [-0.05, 0) is 29.8 Å². The minimum atomic E-state index is -0.157. The summed E-state index contributed by atoms with van der Waals surface area (Å²) in [6.07, 6.45) is 0.185. The second-order valence-corrected chi connectivity index (χ2v) is 6.08. The Hall–Kier alpha value is -3.22. The lowest BCUT2D eigenvalue weighted by atomic mass is 10.2. The molecule has 2 aromatic rings. The highest BCUT2D eigenvalue weighted by Gasteiger charge is 2.16. The molecule has 0 bridgehead atoms. The van der Waals surface area contributed by atoms with Crippen LogP contribution in [0, 0.1) is 0 Å². The number of methoxy groups -OCH3 is 3. The van der Waals surface area contributed by atoms with Crippen LogP contribution in [0.15, 0.2) is 42.5 Å². The summed E-state index contributed by atoms with van der Waals surface area (Å²) in [5, 5.41) is 2.86. The molecular weight excluding hydrogens is 360 g/mol. The van der Waals surface area contributed by atoms with Crippen molar-refractivity contribution in [3.05, 3.63) is 48.0 Å². The van der Waals surface area contributed by atoms with Crippen molar-refractivity contribution in [2.45, 2.75) is 19.9 Å². The molecule has 0 unspecified atom stereocenters. The maximum Gasteiger partial charge on any atom is 0.223 e. The van der Waals surface area contributed by atoms with Gasteiger partial charge in [-0.3, -0.25) is 9.59 Å². The first-order valence-electron chi connectivity index (χ1n) is 8.88. The van der Waals surface area contributed by atoms with Crippen LogP contribution < -0.4 is 24.4 Å². The Morgan fingerprint density at radius 2 is 1.61 bits per heavy atom. The quantitative estimate of drug-likeness (QED) is 0.717. The van der Waals surface area contributed by atoms with E-state index in [0.717, 1.165) is 11.3 Å². The van der Waals surface area contributed by atoms with Gasteiger partial charge in [-0.15, -0.1) is 0 Å². The van der Waals surface area contributed by atoms with Gasteiger partial charge in [0.2, 0.25) is 11.8 Å². The zero-order chi connectivity index (χ0) is 20.5. The number of rotatable bonds is 9. The molecule has 0 radical (unpaired) electrons. The minimum absolute atomic E-state index is 0.137. The predicted molar refractivity (Wildman–Crippen MR) is 107 cm³/mol. The molecule has 0 atom stereocenters. The lowest BCUT2D eigenvalue weighted by Crippen LogP contribution is -2.33. The number of nitrogens with zero attached hydrogens (tertiary/aromatic N) is 1. The Labute approximate surface area is 165 Å². The van der Waals surface area contributed by atoms with E-state index >= 15 is 0 Å². The SMILES string of the molecule is COc1ccc(CNC(=O)CCN(C(C)=O)c2ccc(OC)c(OC)c2)cc1. The zero-order valence-electron chi connectivity index (χ0n) is 16.7. The summed E-state index contributed by atoms with van der Waals surface area (Å²) >= 11 is 0. The van der Waals surface area contributed by atoms with Crippen LogP contribution in [0.3, 0.4) is 0 Å². The Kier molecular flexibility index (Phi) is 7.68. The van der Waals surface area contributed by atoms with E-state index in [1.807, 2.05) is 24.3 Å². The molecule has 28 heavy (non-hydrogen) atoms. The highest BCUT2D eigenvalue weighted by Crippen LogP contribution is 2.31. The highest BCUT2D eigenvalue weighted by atomic mass is 16.5.